The highest BCUT2D eigenvalue weighted by molar-refractivity contribution is 5.85. The molecule has 2 aromatic heterocycles. The molecule has 31 heavy (non-hydrogen) atoms. The summed E-state index contributed by atoms with van der Waals surface area (Å²) in [7, 11) is 0. The number of carbonyl (C=O) groups excluding carboxylic acids is 1. The molecule has 2 unspecified atom stereocenters. The number of carbonyl (C=O) groups is 1. The van der Waals surface area contributed by atoms with Gasteiger partial charge in [0.2, 0.25) is 0 Å². The van der Waals surface area contributed by atoms with Crippen molar-refractivity contribution in [3.63, 3.8) is 0 Å². The molecular weight excluding hydrogens is 391 g/mol. The van der Waals surface area contributed by atoms with Crippen LogP contribution in [0.15, 0.2) is 73.1 Å². The fourth-order valence-electron chi connectivity index (χ4n) is 3.95. The lowest BCUT2D eigenvalue weighted by molar-refractivity contribution is -0.109. The molecule has 0 radical (unpaired) electrons. The lowest BCUT2D eigenvalue weighted by atomic mass is 10.1. The number of hydrogen-bond acceptors (Lipinski definition) is 4. The first-order valence-electron chi connectivity index (χ1n) is 10.4. The number of aromatic nitrogens is 2. The zero-order valence-electron chi connectivity index (χ0n) is 16.9. The predicted molar refractivity (Wildman–Crippen MR) is 117 cm³/mol. The minimum absolute atomic E-state index is 0.132. The number of benzene rings is 2. The Bertz CT molecular complexity index is 1240. The predicted octanol–water partition coefficient (Wildman–Crippen LogP) is 5.39. The molecule has 0 aliphatic heterocycles. The van der Waals surface area contributed by atoms with Crippen LogP contribution < -0.4 is 4.74 Å². The van der Waals surface area contributed by atoms with Crippen molar-refractivity contribution < 1.29 is 13.9 Å². The highest BCUT2D eigenvalue weighted by atomic mass is 19.1. The van der Waals surface area contributed by atoms with Crippen LogP contribution in [0.25, 0.3) is 22.2 Å². The molecule has 0 saturated heterocycles. The van der Waals surface area contributed by atoms with Crippen molar-refractivity contribution in [2.45, 2.75) is 19.4 Å². The van der Waals surface area contributed by atoms with Crippen molar-refractivity contribution in [1.82, 2.24) is 9.97 Å². The third-order valence-electron chi connectivity index (χ3n) is 5.79. The average molecular weight is 412 g/mol. The van der Waals surface area contributed by atoms with Crippen LogP contribution in [-0.2, 0) is 17.8 Å². The van der Waals surface area contributed by atoms with E-state index in [1.165, 1.54) is 6.07 Å². The van der Waals surface area contributed by atoms with Gasteiger partial charge in [-0.05, 0) is 60.7 Å². The molecule has 2 aromatic carbocycles. The van der Waals surface area contributed by atoms with E-state index < -0.39 is 0 Å². The Morgan fingerprint density at radius 1 is 1.10 bits per heavy atom. The molecule has 1 aliphatic rings. The number of fused-ring (bicyclic) bond motifs is 1. The van der Waals surface area contributed by atoms with Crippen molar-refractivity contribution in [3.8, 4) is 17.0 Å². The molecule has 1 aliphatic carbocycles. The first kappa shape index (κ1) is 19.4. The molecule has 0 spiro atoms. The van der Waals surface area contributed by atoms with Gasteiger partial charge in [-0.15, -0.1) is 0 Å². The van der Waals surface area contributed by atoms with Gasteiger partial charge in [-0.25, -0.2) is 9.37 Å². The summed E-state index contributed by atoms with van der Waals surface area (Å²) >= 11 is 0. The van der Waals surface area contributed by atoms with Gasteiger partial charge in [-0.1, -0.05) is 24.3 Å². The standard InChI is InChI=1S/C26H21FN2O2/c27-23-11-17(10-19-12-20(19)15-30)7-8-26(23)31-16-21-13-25(18-4-3-9-28-14-18)29-24-6-2-1-5-22(21)24/h1-9,11,13-15,19-20H,10,12,16H2. The van der Waals surface area contributed by atoms with Gasteiger partial charge in [-0.2, -0.15) is 0 Å². The fraction of sp³-hybridized carbons (Fsp3) is 0.192. The molecule has 0 bridgehead atoms. The van der Waals surface area contributed by atoms with Crippen LogP contribution >= 0.6 is 0 Å². The van der Waals surface area contributed by atoms with Crippen LogP contribution in [0.5, 0.6) is 5.75 Å². The second kappa shape index (κ2) is 8.26. The van der Waals surface area contributed by atoms with E-state index in [1.807, 2.05) is 48.5 Å². The lowest BCUT2D eigenvalue weighted by Crippen LogP contribution is -2.01. The van der Waals surface area contributed by atoms with Crippen molar-refractivity contribution in [1.29, 1.82) is 0 Å². The third-order valence-corrected chi connectivity index (χ3v) is 5.79. The fourth-order valence-corrected chi connectivity index (χ4v) is 3.95. The Kier molecular flexibility index (Phi) is 5.16. The van der Waals surface area contributed by atoms with Crippen molar-refractivity contribution >= 4 is 17.2 Å². The largest absolute Gasteiger partial charge is 0.486 e. The van der Waals surface area contributed by atoms with Crippen LogP contribution in [-0.4, -0.2) is 16.3 Å². The van der Waals surface area contributed by atoms with E-state index >= 15 is 0 Å². The second-order valence-corrected chi connectivity index (χ2v) is 7.98. The lowest BCUT2D eigenvalue weighted by Gasteiger charge is -2.12. The molecular formula is C26H21FN2O2. The summed E-state index contributed by atoms with van der Waals surface area (Å²) < 4.78 is 20.5. The Hall–Kier alpha value is -3.60. The van der Waals surface area contributed by atoms with E-state index in [2.05, 4.69) is 4.98 Å². The topological polar surface area (TPSA) is 52.1 Å². The number of hydrogen-bond donors (Lipinski definition) is 0. The van der Waals surface area contributed by atoms with Crippen molar-refractivity contribution in [2.75, 3.05) is 0 Å². The van der Waals surface area contributed by atoms with E-state index in [-0.39, 0.29) is 24.1 Å². The number of pyridine rings is 2. The van der Waals surface area contributed by atoms with E-state index in [0.717, 1.165) is 52.4 Å². The highest BCUT2D eigenvalue weighted by Crippen LogP contribution is 2.39. The Morgan fingerprint density at radius 2 is 2.00 bits per heavy atom. The third kappa shape index (κ3) is 4.17. The van der Waals surface area contributed by atoms with Gasteiger partial charge in [-0.3, -0.25) is 4.98 Å². The number of rotatable bonds is 7. The van der Waals surface area contributed by atoms with Gasteiger partial charge < -0.3 is 9.53 Å². The monoisotopic (exact) mass is 412 g/mol. The van der Waals surface area contributed by atoms with E-state index in [1.54, 1.807) is 18.5 Å². The van der Waals surface area contributed by atoms with Gasteiger partial charge in [0.15, 0.2) is 11.6 Å². The van der Waals surface area contributed by atoms with Gasteiger partial charge in [0.1, 0.15) is 12.9 Å². The number of ether oxygens (including phenoxy) is 1. The molecule has 1 fully saturated rings. The molecule has 154 valence electrons. The SMILES string of the molecule is O=CC1CC1Cc1ccc(OCc2cc(-c3cccnc3)nc3ccccc23)c(F)c1. The minimum atomic E-state index is -0.383. The zero-order chi connectivity index (χ0) is 21.2. The highest BCUT2D eigenvalue weighted by Gasteiger charge is 2.36. The summed E-state index contributed by atoms with van der Waals surface area (Å²) in [6.45, 7) is 0.225. The van der Waals surface area contributed by atoms with Crippen LogP contribution in [0, 0.1) is 17.7 Å². The van der Waals surface area contributed by atoms with Crippen LogP contribution in [0.2, 0.25) is 0 Å². The summed E-state index contributed by atoms with van der Waals surface area (Å²) in [5.74, 6) is 0.313. The average Bonchev–Trinajstić information content (AvgIpc) is 3.57. The quantitative estimate of drug-likeness (QED) is 0.382. The van der Waals surface area contributed by atoms with Gasteiger partial charge >= 0.3 is 0 Å². The normalized spacial score (nSPS) is 17.5. The summed E-state index contributed by atoms with van der Waals surface area (Å²) in [6, 6.07) is 18.7. The smallest absolute Gasteiger partial charge is 0.165 e. The molecule has 5 heteroatoms. The molecule has 5 rings (SSSR count). The number of nitrogens with zero attached hydrogens (tertiary/aromatic N) is 2. The molecule has 0 N–H and O–H groups in total. The maximum atomic E-state index is 14.6. The van der Waals surface area contributed by atoms with Crippen LogP contribution in [0.1, 0.15) is 17.5 Å². The molecule has 1 saturated carbocycles. The van der Waals surface area contributed by atoms with E-state index in [4.69, 9.17) is 9.72 Å². The Balaban J connectivity index is 1.38. The summed E-state index contributed by atoms with van der Waals surface area (Å²) in [4.78, 5) is 19.7. The van der Waals surface area contributed by atoms with Gasteiger partial charge in [0.25, 0.3) is 0 Å². The van der Waals surface area contributed by atoms with E-state index in [0.29, 0.717) is 5.92 Å². The van der Waals surface area contributed by atoms with Crippen LogP contribution in [0.4, 0.5) is 4.39 Å². The van der Waals surface area contributed by atoms with E-state index in [9.17, 15) is 9.18 Å². The number of halogens is 1. The Labute approximate surface area is 179 Å². The van der Waals surface area contributed by atoms with Gasteiger partial charge in [0.05, 0.1) is 11.2 Å². The first-order valence-corrected chi connectivity index (χ1v) is 10.4. The maximum Gasteiger partial charge on any atom is 0.165 e. The zero-order valence-corrected chi connectivity index (χ0v) is 16.9. The summed E-state index contributed by atoms with van der Waals surface area (Å²) in [5.41, 5.74) is 4.40. The number of aldehydes is 1. The molecule has 2 atom stereocenters. The van der Waals surface area contributed by atoms with Crippen LogP contribution in [0.3, 0.4) is 0 Å². The molecule has 2 heterocycles. The van der Waals surface area contributed by atoms with Crippen molar-refractivity contribution in [2.24, 2.45) is 11.8 Å². The summed E-state index contributed by atoms with van der Waals surface area (Å²) in [5, 5.41) is 0.973. The van der Waals surface area contributed by atoms with Gasteiger partial charge in [0, 0.05) is 34.8 Å². The summed E-state index contributed by atoms with van der Waals surface area (Å²) in [6.07, 6.45) is 6.12. The Morgan fingerprint density at radius 3 is 2.77 bits per heavy atom. The van der Waals surface area contributed by atoms with Crippen molar-refractivity contribution in [3.05, 3.63) is 90.0 Å². The first-order chi connectivity index (χ1) is 15.2. The molecule has 4 aromatic rings. The maximum absolute atomic E-state index is 14.6. The second-order valence-electron chi connectivity index (χ2n) is 7.98. The number of para-hydroxylation sites is 1. The molecule has 0 amide bonds. The molecule has 4 nitrogen and oxygen atoms in total. The minimum Gasteiger partial charge on any atom is -0.486 e.